The quantitative estimate of drug-likeness (QED) is 0.840. The molecular weight excluding hydrogens is 244 g/mol. The highest BCUT2D eigenvalue weighted by Gasteiger charge is 2.18. The van der Waals surface area contributed by atoms with Crippen LogP contribution in [-0.4, -0.2) is 28.5 Å². The topological polar surface area (TPSA) is 45.4 Å². The molecule has 19 heavy (non-hydrogen) atoms. The van der Waals surface area contributed by atoms with Crippen LogP contribution in [0.2, 0.25) is 0 Å². The van der Waals surface area contributed by atoms with Gasteiger partial charge in [-0.15, -0.1) is 0 Å². The van der Waals surface area contributed by atoms with Gasteiger partial charge in [-0.05, 0) is 25.0 Å². The molecule has 1 aliphatic rings. The molecule has 102 valence electrons. The molecule has 3 rings (SSSR count). The summed E-state index contributed by atoms with van der Waals surface area (Å²) in [5.74, 6) is 0.744. The summed E-state index contributed by atoms with van der Waals surface area (Å²) in [6, 6.07) is 5.74. The van der Waals surface area contributed by atoms with Crippen LogP contribution in [0.3, 0.4) is 0 Å². The van der Waals surface area contributed by atoms with Gasteiger partial charge in [-0.3, -0.25) is 9.13 Å². The molecule has 0 spiro atoms. The molecule has 1 aliphatic heterocycles. The number of fused-ring (bicyclic) bond motifs is 1. The van der Waals surface area contributed by atoms with E-state index >= 15 is 0 Å². The van der Waals surface area contributed by atoms with Gasteiger partial charge >= 0.3 is 5.69 Å². The van der Waals surface area contributed by atoms with Crippen LogP contribution in [0.4, 0.5) is 0 Å². The second-order valence-corrected chi connectivity index (χ2v) is 4.97. The summed E-state index contributed by atoms with van der Waals surface area (Å²) in [4.78, 5) is 11.9. The van der Waals surface area contributed by atoms with Crippen molar-refractivity contribution in [2.45, 2.75) is 18.9 Å². The maximum atomic E-state index is 11.9. The predicted molar refractivity (Wildman–Crippen MR) is 72.6 cm³/mol. The molecule has 1 aromatic heterocycles. The minimum absolute atomic E-state index is 0.0387. The molecule has 0 saturated carbocycles. The molecule has 1 fully saturated rings. The van der Waals surface area contributed by atoms with E-state index in [-0.39, 0.29) is 11.8 Å². The molecule has 0 N–H and O–H groups in total. The smallest absolute Gasteiger partial charge is 0.328 e. The Hall–Kier alpha value is -1.75. The SMILES string of the molecule is Cn1c(=O)n(C)c2c(OC[C@H]3CCCO3)cccc21. The van der Waals surface area contributed by atoms with Crippen molar-refractivity contribution < 1.29 is 9.47 Å². The molecule has 0 unspecified atom stereocenters. The Labute approximate surface area is 111 Å². The van der Waals surface area contributed by atoms with Crippen LogP contribution in [0.25, 0.3) is 11.0 Å². The highest BCUT2D eigenvalue weighted by Crippen LogP contribution is 2.25. The predicted octanol–water partition coefficient (Wildman–Crippen LogP) is 1.43. The number of hydrogen-bond acceptors (Lipinski definition) is 3. The molecule has 5 heteroatoms. The molecule has 1 saturated heterocycles. The zero-order chi connectivity index (χ0) is 13.4. The van der Waals surface area contributed by atoms with Gasteiger partial charge in [0.25, 0.3) is 0 Å². The van der Waals surface area contributed by atoms with Crippen molar-refractivity contribution in [3.8, 4) is 5.75 Å². The minimum Gasteiger partial charge on any atom is -0.489 e. The fourth-order valence-electron chi connectivity index (χ4n) is 2.62. The first-order valence-electron chi connectivity index (χ1n) is 6.57. The second kappa shape index (κ2) is 4.74. The van der Waals surface area contributed by atoms with Crippen LogP contribution in [-0.2, 0) is 18.8 Å². The Morgan fingerprint density at radius 1 is 1.37 bits per heavy atom. The molecule has 2 heterocycles. The van der Waals surface area contributed by atoms with E-state index in [4.69, 9.17) is 9.47 Å². The van der Waals surface area contributed by atoms with Crippen LogP contribution in [0.1, 0.15) is 12.8 Å². The largest absolute Gasteiger partial charge is 0.489 e. The number of benzene rings is 1. The van der Waals surface area contributed by atoms with E-state index in [1.165, 1.54) is 0 Å². The lowest BCUT2D eigenvalue weighted by molar-refractivity contribution is 0.0684. The van der Waals surface area contributed by atoms with E-state index in [1.807, 2.05) is 18.2 Å². The lowest BCUT2D eigenvalue weighted by atomic mass is 10.2. The van der Waals surface area contributed by atoms with Gasteiger partial charge in [0.05, 0.1) is 11.6 Å². The van der Waals surface area contributed by atoms with Gasteiger partial charge < -0.3 is 9.47 Å². The minimum atomic E-state index is -0.0387. The molecule has 2 aromatic rings. The van der Waals surface area contributed by atoms with E-state index in [9.17, 15) is 4.79 Å². The number of aryl methyl sites for hydroxylation is 2. The third-order valence-electron chi connectivity index (χ3n) is 3.70. The van der Waals surface area contributed by atoms with Crippen molar-refractivity contribution in [3.05, 3.63) is 28.7 Å². The third kappa shape index (κ3) is 2.04. The fourth-order valence-corrected chi connectivity index (χ4v) is 2.62. The summed E-state index contributed by atoms with van der Waals surface area (Å²) in [7, 11) is 3.54. The lowest BCUT2D eigenvalue weighted by Crippen LogP contribution is -2.19. The summed E-state index contributed by atoms with van der Waals surface area (Å²) in [5, 5.41) is 0. The van der Waals surface area contributed by atoms with Gasteiger partial charge in [0.1, 0.15) is 17.9 Å². The Bertz CT molecular complexity index is 650. The normalized spacial score (nSPS) is 19.2. The zero-order valence-electron chi connectivity index (χ0n) is 11.3. The van der Waals surface area contributed by atoms with E-state index < -0.39 is 0 Å². The number of ether oxygens (including phenoxy) is 2. The molecule has 5 nitrogen and oxygen atoms in total. The standard InChI is InChI=1S/C14H18N2O3/c1-15-11-6-3-7-12(13(11)16(2)14(15)17)19-9-10-5-4-8-18-10/h3,6-7,10H,4-5,8-9H2,1-2H3/t10-/m1/s1. The fraction of sp³-hybridized carbons (Fsp3) is 0.500. The maximum absolute atomic E-state index is 11.9. The van der Waals surface area contributed by atoms with Crippen molar-refractivity contribution >= 4 is 11.0 Å². The van der Waals surface area contributed by atoms with Crippen LogP contribution in [0.5, 0.6) is 5.75 Å². The van der Waals surface area contributed by atoms with Crippen LogP contribution < -0.4 is 10.4 Å². The van der Waals surface area contributed by atoms with Crippen LogP contribution in [0.15, 0.2) is 23.0 Å². The van der Waals surface area contributed by atoms with Crippen molar-refractivity contribution in [1.82, 2.24) is 9.13 Å². The first-order chi connectivity index (χ1) is 9.18. The van der Waals surface area contributed by atoms with Crippen molar-refractivity contribution in [2.24, 2.45) is 14.1 Å². The lowest BCUT2D eigenvalue weighted by Gasteiger charge is -2.12. The molecule has 0 aliphatic carbocycles. The van der Waals surface area contributed by atoms with Gasteiger partial charge in [-0.2, -0.15) is 0 Å². The van der Waals surface area contributed by atoms with Crippen molar-refractivity contribution in [2.75, 3.05) is 13.2 Å². The number of nitrogens with zero attached hydrogens (tertiary/aromatic N) is 2. The molecule has 0 amide bonds. The van der Waals surface area contributed by atoms with E-state index in [0.29, 0.717) is 6.61 Å². The zero-order valence-corrected chi connectivity index (χ0v) is 11.3. The number of imidazole rings is 1. The summed E-state index contributed by atoms with van der Waals surface area (Å²) in [6.45, 7) is 1.37. The summed E-state index contributed by atoms with van der Waals surface area (Å²) >= 11 is 0. The average Bonchev–Trinajstić information content (AvgIpc) is 3.01. The summed E-state index contributed by atoms with van der Waals surface area (Å²) < 4.78 is 14.7. The van der Waals surface area contributed by atoms with Crippen LogP contribution >= 0.6 is 0 Å². The van der Waals surface area contributed by atoms with Crippen molar-refractivity contribution in [3.63, 3.8) is 0 Å². The van der Waals surface area contributed by atoms with E-state index in [0.717, 1.165) is 36.2 Å². The Kier molecular flexibility index (Phi) is 3.06. The van der Waals surface area contributed by atoms with Gasteiger partial charge in [-0.1, -0.05) is 6.07 Å². The third-order valence-corrected chi connectivity index (χ3v) is 3.70. The highest BCUT2D eigenvalue weighted by molar-refractivity contribution is 5.82. The average molecular weight is 262 g/mol. The van der Waals surface area contributed by atoms with E-state index in [1.54, 1.807) is 23.2 Å². The Morgan fingerprint density at radius 3 is 2.95 bits per heavy atom. The number of rotatable bonds is 3. The highest BCUT2D eigenvalue weighted by atomic mass is 16.5. The molecule has 1 aromatic carbocycles. The first kappa shape index (κ1) is 12.3. The number of hydrogen-bond donors (Lipinski definition) is 0. The maximum Gasteiger partial charge on any atom is 0.328 e. The Balaban J connectivity index is 1.94. The van der Waals surface area contributed by atoms with Gasteiger partial charge in [0, 0.05) is 20.7 Å². The van der Waals surface area contributed by atoms with Crippen molar-refractivity contribution in [1.29, 1.82) is 0 Å². The summed E-state index contributed by atoms with van der Waals surface area (Å²) in [6.07, 6.45) is 2.32. The number of para-hydroxylation sites is 1. The Morgan fingerprint density at radius 2 is 2.21 bits per heavy atom. The molecule has 0 bridgehead atoms. The van der Waals surface area contributed by atoms with Gasteiger partial charge in [-0.25, -0.2) is 4.79 Å². The monoisotopic (exact) mass is 262 g/mol. The van der Waals surface area contributed by atoms with Gasteiger partial charge in [0.15, 0.2) is 0 Å². The molecule has 1 atom stereocenters. The molecule has 0 radical (unpaired) electrons. The number of aromatic nitrogens is 2. The van der Waals surface area contributed by atoms with E-state index in [2.05, 4.69) is 0 Å². The first-order valence-corrected chi connectivity index (χ1v) is 6.57. The summed E-state index contributed by atoms with van der Waals surface area (Å²) in [5.41, 5.74) is 1.69. The van der Waals surface area contributed by atoms with Gasteiger partial charge in [0.2, 0.25) is 0 Å². The second-order valence-electron chi connectivity index (χ2n) is 4.97. The van der Waals surface area contributed by atoms with Crippen LogP contribution in [0, 0.1) is 0 Å². The molecular formula is C14H18N2O3.